The molecule has 0 aliphatic carbocycles. The molecule has 0 unspecified atom stereocenters. The van der Waals surface area contributed by atoms with Crippen LogP contribution in [0.2, 0.25) is 5.02 Å². The highest BCUT2D eigenvalue weighted by atomic mass is 35.5. The number of hydrogen-bond donors (Lipinski definition) is 1. The number of benzene rings is 1. The van der Waals surface area contributed by atoms with Gasteiger partial charge in [0.25, 0.3) is 0 Å². The zero-order chi connectivity index (χ0) is 13.7. The van der Waals surface area contributed by atoms with Crippen LogP contribution in [0.1, 0.15) is 32.3 Å². The molecule has 106 valence electrons. The average molecular weight is 281 g/mol. The Morgan fingerprint density at radius 3 is 2.58 bits per heavy atom. The molecule has 0 spiro atoms. The van der Waals surface area contributed by atoms with Gasteiger partial charge in [-0.15, -0.1) is 0 Å². The number of nitrogens with zero attached hydrogens (tertiary/aromatic N) is 1. The normalized spacial score (nSPS) is 17.3. The summed E-state index contributed by atoms with van der Waals surface area (Å²) in [6, 6.07) is 8.76. The van der Waals surface area contributed by atoms with Gasteiger partial charge in [-0.1, -0.05) is 29.8 Å². The summed E-state index contributed by atoms with van der Waals surface area (Å²) in [6.07, 6.45) is 2.59. The third kappa shape index (κ3) is 4.48. The Kier molecular flexibility index (Phi) is 5.68. The van der Waals surface area contributed by atoms with Gasteiger partial charge in [-0.3, -0.25) is 4.90 Å². The van der Waals surface area contributed by atoms with E-state index in [4.69, 9.17) is 11.6 Å². The predicted molar refractivity (Wildman–Crippen MR) is 82.6 cm³/mol. The summed E-state index contributed by atoms with van der Waals surface area (Å²) in [5, 5.41) is 4.32. The van der Waals surface area contributed by atoms with E-state index in [0.29, 0.717) is 6.04 Å². The number of hydrogen-bond acceptors (Lipinski definition) is 2. The maximum Gasteiger partial charge on any atom is 0.0451 e. The molecule has 2 rings (SSSR count). The summed E-state index contributed by atoms with van der Waals surface area (Å²) < 4.78 is 0. The van der Waals surface area contributed by atoms with Crippen LogP contribution < -0.4 is 5.32 Å². The molecule has 0 bridgehead atoms. The fourth-order valence-corrected chi connectivity index (χ4v) is 2.89. The summed E-state index contributed by atoms with van der Waals surface area (Å²) in [5.41, 5.74) is 1.24. The zero-order valence-corrected chi connectivity index (χ0v) is 12.8. The quantitative estimate of drug-likeness (QED) is 0.887. The molecule has 1 fully saturated rings. The molecule has 1 saturated heterocycles. The van der Waals surface area contributed by atoms with E-state index in [1.165, 1.54) is 38.0 Å². The zero-order valence-electron chi connectivity index (χ0n) is 12.0. The molecule has 2 nitrogen and oxygen atoms in total. The first-order valence-electron chi connectivity index (χ1n) is 7.35. The lowest BCUT2D eigenvalue weighted by atomic mass is 9.96. The fourth-order valence-electron chi connectivity index (χ4n) is 2.70. The van der Waals surface area contributed by atoms with E-state index in [1.807, 2.05) is 12.1 Å². The summed E-state index contributed by atoms with van der Waals surface area (Å²) in [4.78, 5) is 2.55. The molecule has 1 aromatic carbocycles. The van der Waals surface area contributed by atoms with Gasteiger partial charge in [0.2, 0.25) is 0 Å². The average Bonchev–Trinajstić information content (AvgIpc) is 2.41. The van der Waals surface area contributed by atoms with Gasteiger partial charge in [-0.2, -0.15) is 0 Å². The van der Waals surface area contributed by atoms with Gasteiger partial charge in [0.1, 0.15) is 0 Å². The minimum Gasteiger partial charge on any atom is -0.317 e. The van der Waals surface area contributed by atoms with Crippen LogP contribution in [0.3, 0.4) is 0 Å². The van der Waals surface area contributed by atoms with E-state index in [1.54, 1.807) is 0 Å². The largest absolute Gasteiger partial charge is 0.317 e. The summed E-state index contributed by atoms with van der Waals surface area (Å²) in [5.74, 6) is 0.825. The van der Waals surface area contributed by atoms with Crippen molar-refractivity contribution in [2.45, 2.75) is 39.3 Å². The highest BCUT2D eigenvalue weighted by molar-refractivity contribution is 6.31. The van der Waals surface area contributed by atoms with Gasteiger partial charge in [0.15, 0.2) is 0 Å². The number of rotatable bonds is 5. The Labute approximate surface area is 122 Å². The molecule has 0 aromatic heterocycles. The third-order valence-electron chi connectivity index (χ3n) is 4.01. The minimum absolute atomic E-state index is 0.561. The SMILES string of the molecule is CC(C)N(Cc1ccccc1Cl)CC1CCNCC1. The number of piperidine rings is 1. The van der Waals surface area contributed by atoms with Crippen molar-refractivity contribution in [3.05, 3.63) is 34.9 Å². The van der Waals surface area contributed by atoms with Gasteiger partial charge in [-0.05, 0) is 57.3 Å². The van der Waals surface area contributed by atoms with Crippen molar-refractivity contribution in [3.63, 3.8) is 0 Å². The van der Waals surface area contributed by atoms with Crippen LogP contribution in [0, 0.1) is 5.92 Å². The Balaban J connectivity index is 1.97. The molecule has 0 amide bonds. The lowest BCUT2D eigenvalue weighted by Crippen LogP contribution is -2.39. The number of halogens is 1. The van der Waals surface area contributed by atoms with E-state index in [9.17, 15) is 0 Å². The molecule has 3 heteroatoms. The van der Waals surface area contributed by atoms with Crippen LogP contribution >= 0.6 is 11.6 Å². The van der Waals surface area contributed by atoms with Crippen LogP contribution in [-0.4, -0.2) is 30.6 Å². The van der Waals surface area contributed by atoms with Crippen molar-refractivity contribution in [1.29, 1.82) is 0 Å². The van der Waals surface area contributed by atoms with Crippen molar-refractivity contribution in [2.24, 2.45) is 5.92 Å². The Morgan fingerprint density at radius 2 is 1.95 bits per heavy atom. The second-order valence-electron chi connectivity index (χ2n) is 5.81. The van der Waals surface area contributed by atoms with Crippen molar-refractivity contribution in [1.82, 2.24) is 10.2 Å². The van der Waals surface area contributed by atoms with E-state index in [2.05, 4.69) is 36.2 Å². The van der Waals surface area contributed by atoms with Crippen molar-refractivity contribution in [3.8, 4) is 0 Å². The highest BCUT2D eigenvalue weighted by Crippen LogP contribution is 2.21. The van der Waals surface area contributed by atoms with Gasteiger partial charge in [-0.25, -0.2) is 0 Å². The molecule has 0 atom stereocenters. The third-order valence-corrected chi connectivity index (χ3v) is 4.38. The molecule has 19 heavy (non-hydrogen) atoms. The van der Waals surface area contributed by atoms with Gasteiger partial charge >= 0.3 is 0 Å². The summed E-state index contributed by atoms with van der Waals surface area (Å²) in [6.45, 7) is 9.03. The first-order valence-corrected chi connectivity index (χ1v) is 7.73. The van der Waals surface area contributed by atoms with Crippen molar-refractivity contribution < 1.29 is 0 Å². The summed E-state index contributed by atoms with van der Waals surface area (Å²) in [7, 11) is 0. The first-order chi connectivity index (χ1) is 9.16. The molecular formula is C16H25ClN2. The first kappa shape index (κ1) is 14.8. The van der Waals surface area contributed by atoms with E-state index in [0.717, 1.165) is 17.5 Å². The molecule has 1 aliphatic rings. The number of nitrogens with one attached hydrogen (secondary N) is 1. The van der Waals surface area contributed by atoms with Crippen molar-refractivity contribution >= 4 is 11.6 Å². The smallest absolute Gasteiger partial charge is 0.0451 e. The molecule has 0 saturated carbocycles. The Bertz CT molecular complexity index is 386. The van der Waals surface area contributed by atoms with Gasteiger partial charge in [0.05, 0.1) is 0 Å². The second kappa shape index (κ2) is 7.28. The summed E-state index contributed by atoms with van der Waals surface area (Å²) >= 11 is 6.28. The van der Waals surface area contributed by atoms with Gasteiger partial charge < -0.3 is 5.32 Å². The fraction of sp³-hybridized carbons (Fsp3) is 0.625. The molecule has 1 aliphatic heterocycles. The molecular weight excluding hydrogens is 256 g/mol. The van der Waals surface area contributed by atoms with Crippen LogP contribution in [0.5, 0.6) is 0 Å². The maximum atomic E-state index is 6.28. The van der Waals surface area contributed by atoms with Crippen LogP contribution in [0.25, 0.3) is 0 Å². The van der Waals surface area contributed by atoms with Crippen molar-refractivity contribution in [2.75, 3.05) is 19.6 Å². The van der Waals surface area contributed by atoms with Crippen LogP contribution in [0.15, 0.2) is 24.3 Å². The van der Waals surface area contributed by atoms with Crippen LogP contribution in [-0.2, 0) is 6.54 Å². The Morgan fingerprint density at radius 1 is 1.26 bits per heavy atom. The standard InChI is InChI=1S/C16H25ClN2/c1-13(2)19(11-14-7-9-18-10-8-14)12-15-5-3-4-6-16(15)17/h3-6,13-14,18H,7-12H2,1-2H3. The lowest BCUT2D eigenvalue weighted by molar-refractivity contribution is 0.162. The van der Waals surface area contributed by atoms with E-state index < -0.39 is 0 Å². The predicted octanol–water partition coefficient (Wildman–Crippen LogP) is 3.55. The molecule has 1 heterocycles. The van der Waals surface area contributed by atoms with E-state index >= 15 is 0 Å². The van der Waals surface area contributed by atoms with E-state index in [-0.39, 0.29) is 0 Å². The molecule has 1 aromatic rings. The molecule has 1 N–H and O–H groups in total. The Hall–Kier alpha value is -0.570. The monoisotopic (exact) mass is 280 g/mol. The topological polar surface area (TPSA) is 15.3 Å². The van der Waals surface area contributed by atoms with Crippen LogP contribution in [0.4, 0.5) is 0 Å². The molecule has 0 radical (unpaired) electrons. The van der Waals surface area contributed by atoms with Gasteiger partial charge in [0, 0.05) is 24.2 Å². The lowest BCUT2D eigenvalue weighted by Gasteiger charge is -2.33. The second-order valence-corrected chi connectivity index (χ2v) is 6.22. The minimum atomic E-state index is 0.561. The highest BCUT2D eigenvalue weighted by Gasteiger charge is 2.19. The maximum absolute atomic E-state index is 6.28.